The molecule has 2 aromatic rings. The van der Waals surface area contributed by atoms with E-state index < -0.39 is 11.7 Å². The molecule has 2 atom stereocenters. The molecule has 0 spiro atoms. The molecule has 2 unspecified atom stereocenters. The van der Waals surface area contributed by atoms with Gasteiger partial charge in [-0.05, 0) is 41.7 Å². The summed E-state index contributed by atoms with van der Waals surface area (Å²) < 4.78 is 51.1. The maximum atomic E-state index is 13.7. The highest BCUT2D eigenvalue weighted by Crippen LogP contribution is 2.48. The van der Waals surface area contributed by atoms with E-state index in [2.05, 4.69) is 5.32 Å². The van der Waals surface area contributed by atoms with E-state index in [-0.39, 0.29) is 30.1 Å². The number of alkyl halides is 3. The summed E-state index contributed by atoms with van der Waals surface area (Å²) in [5.74, 6) is -0.932. The molecular weight excluding hydrogens is 322 g/mol. The third-order valence-electron chi connectivity index (χ3n) is 4.18. The molecule has 1 aliphatic rings. The molecule has 1 aliphatic carbocycles. The van der Waals surface area contributed by atoms with Gasteiger partial charge in [0.15, 0.2) is 0 Å². The fourth-order valence-corrected chi connectivity index (χ4v) is 2.74. The van der Waals surface area contributed by atoms with Gasteiger partial charge in [0.05, 0.1) is 5.56 Å². The third kappa shape index (κ3) is 3.58. The molecule has 1 amide bonds. The number of carbonyl (C=O) groups excluding carboxylic acids is 1. The van der Waals surface area contributed by atoms with Crippen LogP contribution in [0, 0.1) is 11.7 Å². The van der Waals surface area contributed by atoms with Gasteiger partial charge >= 0.3 is 6.18 Å². The summed E-state index contributed by atoms with van der Waals surface area (Å²) in [7, 11) is 0. The van der Waals surface area contributed by atoms with Crippen LogP contribution < -0.4 is 5.32 Å². The number of rotatable bonds is 4. The number of halogens is 4. The van der Waals surface area contributed by atoms with Gasteiger partial charge in [-0.25, -0.2) is 4.39 Å². The van der Waals surface area contributed by atoms with Gasteiger partial charge in [-0.1, -0.05) is 30.3 Å². The Labute approximate surface area is 136 Å². The third-order valence-corrected chi connectivity index (χ3v) is 4.18. The smallest absolute Gasteiger partial charge is 0.352 e. The van der Waals surface area contributed by atoms with E-state index in [1.54, 1.807) is 18.2 Å². The van der Waals surface area contributed by atoms with Gasteiger partial charge in [-0.2, -0.15) is 13.2 Å². The number of amides is 1. The molecule has 3 rings (SSSR count). The Morgan fingerprint density at radius 3 is 2.38 bits per heavy atom. The maximum Gasteiger partial charge on any atom is 0.416 e. The second-order valence-electron chi connectivity index (χ2n) is 5.88. The predicted molar refractivity (Wildman–Crippen MR) is 80.5 cm³/mol. The van der Waals surface area contributed by atoms with Crippen LogP contribution in [-0.2, 0) is 17.5 Å². The van der Waals surface area contributed by atoms with Crippen LogP contribution in [-0.4, -0.2) is 5.91 Å². The van der Waals surface area contributed by atoms with Crippen molar-refractivity contribution in [2.75, 3.05) is 0 Å². The summed E-state index contributed by atoms with van der Waals surface area (Å²) in [6, 6.07) is 11.0. The Morgan fingerprint density at radius 1 is 1.08 bits per heavy atom. The predicted octanol–water partition coefficient (Wildman–Crippen LogP) is 4.26. The van der Waals surface area contributed by atoms with E-state index >= 15 is 0 Å². The summed E-state index contributed by atoms with van der Waals surface area (Å²) in [6.07, 6.45) is -3.79. The highest BCUT2D eigenvalue weighted by molar-refractivity contribution is 5.82. The zero-order chi connectivity index (χ0) is 17.3. The lowest BCUT2D eigenvalue weighted by Gasteiger charge is -2.09. The van der Waals surface area contributed by atoms with E-state index in [0.717, 1.165) is 12.1 Å². The van der Waals surface area contributed by atoms with Crippen molar-refractivity contribution in [3.8, 4) is 0 Å². The van der Waals surface area contributed by atoms with Crippen LogP contribution >= 0.6 is 0 Å². The number of carbonyl (C=O) groups is 1. The van der Waals surface area contributed by atoms with Gasteiger partial charge in [0.1, 0.15) is 5.82 Å². The maximum absolute atomic E-state index is 13.7. The molecule has 0 bridgehead atoms. The fourth-order valence-electron chi connectivity index (χ4n) is 2.74. The van der Waals surface area contributed by atoms with E-state index in [1.165, 1.54) is 18.2 Å². The molecule has 0 aromatic heterocycles. The van der Waals surface area contributed by atoms with Crippen molar-refractivity contribution in [2.45, 2.75) is 25.1 Å². The molecular formula is C18H15F4NO. The summed E-state index contributed by atoms with van der Waals surface area (Å²) in [5, 5.41) is 2.70. The molecule has 1 N–H and O–H groups in total. The van der Waals surface area contributed by atoms with Crippen molar-refractivity contribution in [3.05, 3.63) is 71.0 Å². The summed E-state index contributed by atoms with van der Waals surface area (Å²) in [6.45, 7) is 0.150. The van der Waals surface area contributed by atoms with Crippen molar-refractivity contribution >= 4 is 5.91 Å². The van der Waals surface area contributed by atoms with Crippen LogP contribution in [0.2, 0.25) is 0 Å². The van der Waals surface area contributed by atoms with Crippen molar-refractivity contribution in [1.82, 2.24) is 5.32 Å². The molecule has 6 heteroatoms. The first-order valence-corrected chi connectivity index (χ1v) is 7.54. The van der Waals surface area contributed by atoms with Crippen LogP contribution in [0.25, 0.3) is 0 Å². The minimum Gasteiger partial charge on any atom is -0.352 e. The van der Waals surface area contributed by atoms with Gasteiger partial charge in [0, 0.05) is 12.5 Å². The van der Waals surface area contributed by atoms with Gasteiger partial charge in [-0.3, -0.25) is 4.79 Å². The monoisotopic (exact) mass is 337 g/mol. The molecule has 0 aliphatic heterocycles. The molecule has 1 fully saturated rings. The average Bonchev–Trinajstić information content (AvgIpc) is 3.33. The Kier molecular flexibility index (Phi) is 4.30. The van der Waals surface area contributed by atoms with Crippen molar-refractivity contribution in [1.29, 1.82) is 0 Å². The Morgan fingerprint density at radius 2 is 1.75 bits per heavy atom. The zero-order valence-corrected chi connectivity index (χ0v) is 12.6. The summed E-state index contributed by atoms with van der Waals surface area (Å²) >= 11 is 0. The van der Waals surface area contributed by atoms with Gasteiger partial charge in [0.25, 0.3) is 0 Å². The first-order valence-electron chi connectivity index (χ1n) is 7.54. The first-order chi connectivity index (χ1) is 11.4. The largest absolute Gasteiger partial charge is 0.416 e. The van der Waals surface area contributed by atoms with Crippen LogP contribution in [0.4, 0.5) is 17.6 Å². The van der Waals surface area contributed by atoms with Crippen LogP contribution in [0.15, 0.2) is 48.5 Å². The van der Waals surface area contributed by atoms with E-state index in [9.17, 15) is 22.4 Å². The van der Waals surface area contributed by atoms with Gasteiger partial charge in [-0.15, -0.1) is 0 Å². The van der Waals surface area contributed by atoms with Crippen LogP contribution in [0.1, 0.15) is 29.0 Å². The number of nitrogens with one attached hydrogen (secondary N) is 1. The molecule has 0 heterocycles. The topological polar surface area (TPSA) is 29.1 Å². The molecule has 24 heavy (non-hydrogen) atoms. The number of hydrogen-bond acceptors (Lipinski definition) is 1. The zero-order valence-electron chi connectivity index (χ0n) is 12.6. The molecule has 2 aromatic carbocycles. The minimum atomic E-state index is -4.37. The molecule has 0 radical (unpaired) electrons. The first kappa shape index (κ1) is 16.5. The molecule has 126 valence electrons. The second-order valence-corrected chi connectivity index (χ2v) is 5.88. The Hall–Kier alpha value is -2.37. The van der Waals surface area contributed by atoms with Crippen LogP contribution in [0.5, 0.6) is 0 Å². The van der Waals surface area contributed by atoms with Crippen LogP contribution in [0.3, 0.4) is 0 Å². The van der Waals surface area contributed by atoms with Gasteiger partial charge in [0.2, 0.25) is 5.91 Å². The SMILES string of the molecule is O=C(NCc1ccc(C(F)(F)F)cc1)C1CC1c1ccccc1F. The lowest BCUT2D eigenvalue weighted by molar-refractivity contribution is -0.137. The van der Waals surface area contributed by atoms with Gasteiger partial charge < -0.3 is 5.32 Å². The highest BCUT2D eigenvalue weighted by Gasteiger charge is 2.44. The van der Waals surface area contributed by atoms with E-state index in [1.807, 2.05) is 0 Å². The number of benzene rings is 2. The lowest BCUT2D eigenvalue weighted by atomic mass is 10.1. The Bertz CT molecular complexity index is 739. The van der Waals surface area contributed by atoms with E-state index in [4.69, 9.17) is 0 Å². The lowest BCUT2D eigenvalue weighted by Crippen LogP contribution is -2.25. The molecule has 0 saturated heterocycles. The molecule has 2 nitrogen and oxygen atoms in total. The molecule has 1 saturated carbocycles. The minimum absolute atomic E-state index is 0.126. The second kappa shape index (κ2) is 6.26. The highest BCUT2D eigenvalue weighted by atomic mass is 19.4. The van der Waals surface area contributed by atoms with Crippen molar-refractivity contribution in [3.63, 3.8) is 0 Å². The number of hydrogen-bond donors (Lipinski definition) is 1. The van der Waals surface area contributed by atoms with Crippen molar-refractivity contribution < 1.29 is 22.4 Å². The summed E-state index contributed by atoms with van der Waals surface area (Å²) in [4.78, 5) is 12.1. The summed E-state index contributed by atoms with van der Waals surface area (Å²) in [5.41, 5.74) is 0.394. The average molecular weight is 337 g/mol. The fraction of sp³-hybridized carbons (Fsp3) is 0.278. The van der Waals surface area contributed by atoms with E-state index in [0.29, 0.717) is 17.5 Å². The standard InChI is InChI=1S/C18H15F4NO/c19-16-4-2-1-3-13(16)14-9-15(14)17(24)23-10-11-5-7-12(8-6-11)18(20,21)22/h1-8,14-15H,9-10H2,(H,23,24). The van der Waals surface area contributed by atoms with Crippen molar-refractivity contribution in [2.24, 2.45) is 5.92 Å². The quantitative estimate of drug-likeness (QED) is 0.830. The normalized spacial score (nSPS) is 19.8. The Balaban J connectivity index is 1.55.